The smallest absolute Gasteiger partial charge is 0.170 e. The standard InChI is InChI=1S/C14H18FNO/c1-8(2)13(16-4)12-7-10-9(3)5-6-11(15)14(10)17-12/h5-8,13,16H,1-4H3. The minimum atomic E-state index is -0.296. The number of rotatable bonds is 3. The third-order valence-corrected chi connectivity index (χ3v) is 3.16. The molecule has 0 amide bonds. The molecule has 0 spiro atoms. The number of nitrogens with one attached hydrogen (secondary N) is 1. The number of fused-ring (bicyclic) bond motifs is 1. The molecule has 92 valence electrons. The van der Waals surface area contributed by atoms with Crippen molar-refractivity contribution in [3.05, 3.63) is 35.3 Å². The molecule has 1 aromatic carbocycles. The van der Waals surface area contributed by atoms with Gasteiger partial charge in [-0.15, -0.1) is 0 Å². The largest absolute Gasteiger partial charge is 0.456 e. The van der Waals surface area contributed by atoms with Crippen LogP contribution in [0.5, 0.6) is 0 Å². The number of aryl methyl sites for hydroxylation is 1. The minimum Gasteiger partial charge on any atom is -0.456 e. The maximum Gasteiger partial charge on any atom is 0.170 e. The molecule has 0 fully saturated rings. The van der Waals surface area contributed by atoms with Crippen molar-refractivity contribution in [2.24, 2.45) is 5.92 Å². The number of hydrogen-bond donors (Lipinski definition) is 1. The quantitative estimate of drug-likeness (QED) is 0.875. The first-order chi connectivity index (χ1) is 8.04. The first-order valence-corrected chi connectivity index (χ1v) is 5.90. The Kier molecular flexibility index (Phi) is 3.20. The molecule has 0 aliphatic rings. The molecule has 1 N–H and O–H groups in total. The van der Waals surface area contributed by atoms with Gasteiger partial charge in [-0.2, -0.15) is 0 Å². The van der Waals surface area contributed by atoms with Crippen molar-refractivity contribution in [3.63, 3.8) is 0 Å². The van der Waals surface area contributed by atoms with E-state index >= 15 is 0 Å². The van der Waals surface area contributed by atoms with E-state index in [2.05, 4.69) is 19.2 Å². The van der Waals surface area contributed by atoms with E-state index in [1.165, 1.54) is 6.07 Å². The van der Waals surface area contributed by atoms with Gasteiger partial charge in [0.15, 0.2) is 11.4 Å². The second-order valence-electron chi connectivity index (χ2n) is 4.77. The molecule has 2 nitrogen and oxygen atoms in total. The second kappa shape index (κ2) is 4.49. The number of furan rings is 1. The van der Waals surface area contributed by atoms with Crippen molar-refractivity contribution in [3.8, 4) is 0 Å². The first-order valence-electron chi connectivity index (χ1n) is 5.90. The van der Waals surface area contributed by atoms with E-state index in [0.29, 0.717) is 11.5 Å². The van der Waals surface area contributed by atoms with Gasteiger partial charge in [0.05, 0.1) is 6.04 Å². The van der Waals surface area contributed by atoms with Gasteiger partial charge in [0.2, 0.25) is 0 Å². The van der Waals surface area contributed by atoms with Gasteiger partial charge in [0.25, 0.3) is 0 Å². The van der Waals surface area contributed by atoms with Crippen LogP contribution < -0.4 is 5.32 Å². The molecule has 0 saturated carbocycles. The average Bonchev–Trinajstić information content (AvgIpc) is 2.70. The molecule has 0 saturated heterocycles. The monoisotopic (exact) mass is 235 g/mol. The fourth-order valence-corrected chi connectivity index (χ4v) is 2.20. The summed E-state index contributed by atoms with van der Waals surface area (Å²) in [6.07, 6.45) is 0. The Morgan fingerprint density at radius 3 is 2.53 bits per heavy atom. The minimum absolute atomic E-state index is 0.112. The summed E-state index contributed by atoms with van der Waals surface area (Å²) < 4.78 is 19.3. The highest BCUT2D eigenvalue weighted by Crippen LogP contribution is 2.31. The van der Waals surface area contributed by atoms with Gasteiger partial charge in [-0.25, -0.2) is 4.39 Å². The van der Waals surface area contributed by atoms with Crippen LogP contribution in [0.3, 0.4) is 0 Å². The Bertz CT molecular complexity index is 491. The van der Waals surface area contributed by atoms with Crippen molar-refractivity contribution in [2.75, 3.05) is 7.05 Å². The Balaban J connectivity index is 2.58. The molecule has 1 atom stereocenters. The van der Waals surface area contributed by atoms with Crippen LogP contribution >= 0.6 is 0 Å². The molecule has 0 radical (unpaired) electrons. The fraction of sp³-hybridized carbons (Fsp3) is 0.429. The molecule has 3 heteroatoms. The molecular formula is C14H18FNO. The van der Waals surface area contributed by atoms with E-state index in [1.54, 1.807) is 6.07 Å². The van der Waals surface area contributed by atoms with Gasteiger partial charge in [0, 0.05) is 5.39 Å². The van der Waals surface area contributed by atoms with Crippen molar-refractivity contribution in [1.29, 1.82) is 0 Å². The van der Waals surface area contributed by atoms with E-state index in [1.807, 2.05) is 20.0 Å². The summed E-state index contributed by atoms with van der Waals surface area (Å²) in [5, 5.41) is 4.06. The van der Waals surface area contributed by atoms with Gasteiger partial charge in [-0.1, -0.05) is 19.9 Å². The molecule has 2 rings (SSSR count). The Morgan fingerprint density at radius 1 is 1.29 bits per heavy atom. The lowest BCUT2D eigenvalue weighted by Crippen LogP contribution is -2.20. The maximum absolute atomic E-state index is 13.6. The van der Waals surface area contributed by atoms with Gasteiger partial charge < -0.3 is 9.73 Å². The van der Waals surface area contributed by atoms with E-state index < -0.39 is 0 Å². The highest BCUT2D eigenvalue weighted by atomic mass is 19.1. The van der Waals surface area contributed by atoms with Gasteiger partial charge in [-0.05, 0) is 37.6 Å². The molecular weight excluding hydrogens is 217 g/mol. The van der Waals surface area contributed by atoms with Crippen LogP contribution in [0, 0.1) is 18.7 Å². The molecule has 0 aliphatic heterocycles. The topological polar surface area (TPSA) is 25.2 Å². The number of halogens is 1. The van der Waals surface area contributed by atoms with Crippen LogP contribution in [0.4, 0.5) is 4.39 Å². The Hall–Kier alpha value is -1.35. The molecule has 1 heterocycles. The summed E-state index contributed by atoms with van der Waals surface area (Å²) in [4.78, 5) is 0. The normalized spacial score (nSPS) is 13.5. The van der Waals surface area contributed by atoms with Crippen LogP contribution in [0.15, 0.2) is 22.6 Å². The van der Waals surface area contributed by atoms with Crippen LogP contribution in [-0.4, -0.2) is 7.05 Å². The third-order valence-electron chi connectivity index (χ3n) is 3.16. The third kappa shape index (κ3) is 2.07. The van der Waals surface area contributed by atoms with Gasteiger partial charge in [0.1, 0.15) is 5.76 Å². The lowest BCUT2D eigenvalue weighted by atomic mass is 10.0. The zero-order chi connectivity index (χ0) is 12.6. The summed E-state index contributed by atoms with van der Waals surface area (Å²) in [5.74, 6) is 0.894. The summed E-state index contributed by atoms with van der Waals surface area (Å²) in [5.41, 5.74) is 1.40. The molecule has 1 aromatic heterocycles. The second-order valence-corrected chi connectivity index (χ2v) is 4.77. The van der Waals surface area contributed by atoms with E-state index in [-0.39, 0.29) is 11.9 Å². The first kappa shape index (κ1) is 12.1. The SMILES string of the molecule is CNC(c1cc2c(C)ccc(F)c2o1)C(C)C. The number of hydrogen-bond acceptors (Lipinski definition) is 2. The zero-order valence-electron chi connectivity index (χ0n) is 10.7. The summed E-state index contributed by atoms with van der Waals surface area (Å²) in [6.45, 7) is 6.18. The highest BCUT2D eigenvalue weighted by Gasteiger charge is 2.19. The van der Waals surface area contributed by atoms with E-state index in [4.69, 9.17) is 4.42 Å². The predicted octanol–water partition coefficient (Wildman–Crippen LogP) is 3.80. The molecule has 1 unspecified atom stereocenters. The number of benzene rings is 1. The summed E-state index contributed by atoms with van der Waals surface area (Å²) in [6, 6.07) is 5.28. The van der Waals surface area contributed by atoms with Crippen LogP contribution in [-0.2, 0) is 0 Å². The molecule has 0 aliphatic carbocycles. The summed E-state index contributed by atoms with van der Waals surface area (Å²) >= 11 is 0. The fourth-order valence-electron chi connectivity index (χ4n) is 2.20. The van der Waals surface area contributed by atoms with Crippen molar-refractivity contribution in [1.82, 2.24) is 5.32 Å². The highest BCUT2D eigenvalue weighted by molar-refractivity contribution is 5.82. The Labute approximate surface area is 101 Å². The predicted molar refractivity (Wildman–Crippen MR) is 67.5 cm³/mol. The van der Waals surface area contributed by atoms with Crippen molar-refractivity contribution in [2.45, 2.75) is 26.8 Å². The van der Waals surface area contributed by atoms with Crippen molar-refractivity contribution >= 4 is 11.0 Å². The molecule has 17 heavy (non-hydrogen) atoms. The van der Waals surface area contributed by atoms with Gasteiger partial charge in [-0.3, -0.25) is 0 Å². The lowest BCUT2D eigenvalue weighted by Gasteiger charge is -2.17. The zero-order valence-corrected chi connectivity index (χ0v) is 10.7. The van der Waals surface area contributed by atoms with E-state index in [0.717, 1.165) is 16.7 Å². The summed E-state index contributed by atoms with van der Waals surface area (Å²) in [7, 11) is 1.89. The van der Waals surface area contributed by atoms with Gasteiger partial charge >= 0.3 is 0 Å². The van der Waals surface area contributed by atoms with Crippen LogP contribution in [0.2, 0.25) is 0 Å². The van der Waals surface area contributed by atoms with Crippen LogP contribution in [0.25, 0.3) is 11.0 Å². The van der Waals surface area contributed by atoms with E-state index in [9.17, 15) is 4.39 Å². The molecule has 0 bridgehead atoms. The maximum atomic E-state index is 13.6. The van der Waals surface area contributed by atoms with Crippen molar-refractivity contribution < 1.29 is 8.81 Å². The Morgan fingerprint density at radius 2 is 2.00 bits per heavy atom. The lowest BCUT2D eigenvalue weighted by molar-refractivity contribution is 0.367. The molecule has 2 aromatic rings. The van der Waals surface area contributed by atoms with Crippen LogP contribution in [0.1, 0.15) is 31.2 Å². The average molecular weight is 235 g/mol.